The summed E-state index contributed by atoms with van der Waals surface area (Å²) in [6.07, 6.45) is -0.493. The van der Waals surface area contributed by atoms with Gasteiger partial charge in [0.05, 0.1) is 11.7 Å². The highest BCUT2D eigenvalue weighted by Crippen LogP contribution is 2.56. The van der Waals surface area contributed by atoms with Crippen LogP contribution in [-0.2, 0) is 19.0 Å². The first-order valence-corrected chi connectivity index (χ1v) is 12.5. The molecule has 36 heavy (non-hydrogen) atoms. The summed E-state index contributed by atoms with van der Waals surface area (Å²) in [5, 5.41) is 11.4. The highest BCUT2D eigenvalue weighted by atomic mass is 19.4. The summed E-state index contributed by atoms with van der Waals surface area (Å²) in [5.41, 5.74) is 4.25. The Morgan fingerprint density at radius 3 is 2.25 bits per heavy atom. The van der Waals surface area contributed by atoms with E-state index in [2.05, 4.69) is 6.07 Å². The van der Waals surface area contributed by atoms with Crippen LogP contribution in [0.5, 0.6) is 0 Å². The van der Waals surface area contributed by atoms with Gasteiger partial charge in [0.2, 0.25) is 0 Å². The number of hydrogen-bond acceptors (Lipinski definition) is 1. The van der Waals surface area contributed by atoms with Crippen molar-refractivity contribution in [2.45, 2.75) is 70.6 Å². The largest absolute Gasteiger partial charge is 0.416 e. The lowest BCUT2D eigenvalue weighted by Crippen LogP contribution is -2.37. The van der Waals surface area contributed by atoms with Crippen molar-refractivity contribution < 1.29 is 27.1 Å². The van der Waals surface area contributed by atoms with E-state index in [1.165, 1.54) is 18.2 Å². The third-order valence-electron chi connectivity index (χ3n) is 8.04. The van der Waals surface area contributed by atoms with E-state index in [0.717, 1.165) is 59.6 Å². The van der Waals surface area contributed by atoms with Crippen LogP contribution >= 0.6 is 0 Å². The topological polar surface area (TPSA) is 20.2 Å². The zero-order chi connectivity index (χ0) is 25.8. The van der Waals surface area contributed by atoms with Crippen molar-refractivity contribution in [2.24, 2.45) is 5.41 Å². The molecule has 1 saturated carbocycles. The van der Waals surface area contributed by atoms with E-state index in [0.29, 0.717) is 18.1 Å². The maximum atomic E-state index is 15.0. The van der Waals surface area contributed by atoms with Gasteiger partial charge in [0.15, 0.2) is 0 Å². The van der Waals surface area contributed by atoms with E-state index >= 15 is 0 Å². The molecule has 0 unspecified atom stereocenters. The highest BCUT2D eigenvalue weighted by Gasteiger charge is 2.44. The zero-order valence-electron chi connectivity index (χ0n) is 20.4. The minimum Gasteiger partial charge on any atom is -0.388 e. The lowest BCUT2D eigenvalue weighted by Gasteiger charge is -2.48. The number of rotatable bonds is 4. The van der Waals surface area contributed by atoms with Gasteiger partial charge in [-0.1, -0.05) is 44.5 Å². The molecule has 6 heteroatoms. The van der Waals surface area contributed by atoms with Crippen LogP contribution in [-0.4, -0.2) is 5.11 Å². The second kappa shape index (κ2) is 8.98. The van der Waals surface area contributed by atoms with Crippen LogP contribution in [0.3, 0.4) is 0 Å². The third-order valence-corrected chi connectivity index (χ3v) is 8.04. The first-order chi connectivity index (χ1) is 17.0. The summed E-state index contributed by atoms with van der Waals surface area (Å²) >= 11 is 0. The predicted molar refractivity (Wildman–Crippen MR) is 130 cm³/mol. The Balaban J connectivity index is 1.72. The average Bonchev–Trinajstić information content (AvgIpc) is 2.78. The summed E-state index contributed by atoms with van der Waals surface area (Å²) in [6, 6.07) is 10.8. The monoisotopic (exact) mass is 500 g/mol. The summed E-state index contributed by atoms with van der Waals surface area (Å²) in [6.45, 7) is 4.06. The van der Waals surface area contributed by atoms with Gasteiger partial charge in [-0.2, -0.15) is 13.2 Å². The van der Waals surface area contributed by atoms with Crippen LogP contribution < -0.4 is 0 Å². The Bertz CT molecular complexity index is 1290. The Kier molecular flexibility index (Phi) is 6.22. The van der Waals surface area contributed by atoms with Gasteiger partial charge in [0.25, 0.3) is 0 Å². The van der Waals surface area contributed by atoms with Crippen LogP contribution in [0.2, 0.25) is 0 Å². The Morgan fingerprint density at radius 2 is 1.69 bits per heavy atom. The lowest BCUT2D eigenvalue weighted by atomic mass is 9.58. The van der Waals surface area contributed by atoms with E-state index < -0.39 is 29.5 Å². The molecule has 0 radical (unpaired) electrons. The minimum atomic E-state index is -4.63. The summed E-state index contributed by atoms with van der Waals surface area (Å²) in [4.78, 5) is 0. The summed E-state index contributed by atoms with van der Waals surface area (Å²) in [7, 11) is 0. The number of hydrogen-bond donors (Lipinski definition) is 1. The molecule has 0 saturated heterocycles. The van der Waals surface area contributed by atoms with Gasteiger partial charge in [-0.25, -0.2) is 8.78 Å². The molecule has 3 aromatic rings. The van der Waals surface area contributed by atoms with Gasteiger partial charge < -0.3 is 5.11 Å². The normalized spacial score (nSPS) is 18.9. The molecule has 2 aliphatic rings. The highest BCUT2D eigenvalue weighted by molar-refractivity contribution is 5.76. The molecule has 190 valence electrons. The SMILES string of the molecule is CC(C)c1cc2c(c(-c3ccc(F)cc3)c1Cc1ccc(C(F)(F)F)cc1F)[C@@H](O)CC1(CCC1)C2. The molecule has 3 aromatic carbocycles. The number of fused-ring (bicyclic) bond motifs is 1. The van der Waals surface area contributed by atoms with Crippen LogP contribution in [0.1, 0.15) is 84.9 Å². The average molecular weight is 501 g/mol. The minimum absolute atomic E-state index is 0.0541. The van der Waals surface area contributed by atoms with E-state index in [-0.39, 0.29) is 23.3 Å². The van der Waals surface area contributed by atoms with Gasteiger partial charge in [-0.05, 0) is 100 Å². The fourth-order valence-corrected chi connectivity index (χ4v) is 6.10. The molecular formula is C30H29F5O. The molecule has 0 aliphatic heterocycles. The Labute approximate surface area is 208 Å². The fourth-order valence-electron chi connectivity index (χ4n) is 6.10. The number of benzene rings is 3. The van der Waals surface area contributed by atoms with Crippen LogP contribution in [0.25, 0.3) is 11.1 Å². The molecule has 1 nitrogen and oxygen atoms in total. The van der Waals surface area contributed by atoms with Crippen molar-refractivity contribution in [3.8, 4) is 11.1 Å². The molecular weight excluding hydrogens is 471 g/mol. The van der Waals surface area contributed by atoms with Crippen LogP contribution in [0.15, 0.2) is 48.5 Å². The number of aliphatic hydroxyl groups excluding tert-OH is 1. The molecule has 1 spiro atoms. The Hall–Kier alpha value is -2.73. The van der Waals surface area contributed by atoms with Gasteiger partial charge in [-0.15, -0.1) is 0 Å². The molecule has 0 amide bonds. The second-order valence-corrected chi connectivity index (χ2v) is 10.8. The first-order valence-electron chi connectivity index (χ1n) is 12.5. The summed E-state index contributed by atoms with van der Waals surface area (Å²) in [5.74, 6) is -1.26. The van der Waals surface area contributed by atoms with E-state index in [1.54, 1.807) is 12.1 Å². The van der Waals surface area contributed by atoms with Crippen molar-refractivity contribution in [1.29, 1.82) is 0 Å². The van der Waals surface area contributed by atoms with Crippen LogP contribution in [0.4, 0.5) is 22.0 Å². The second-order valence-electron chi connectivity index (χ2n) is 10.8. The molecule has 5 rings (SSSR count). The van der Waals surface area contributed by atoms with Gasteiger partial charge in [0.1, 0.15) is 11.6 Å². The third kappa shape index (κ3) is 4.45. The fraction of sp³-hybridized carbons (Fsp3) is 0.400. The maximum absolute atomic E-state index is 15.0. The summed E-state index contributed by atoms with van der Waals surface area (Å²) < 4.78 is 68.1. The van der Waals surface area contributed by atoms with E-state index in [4.69, 9.17) is 0 Å². The quantitative estimate of drug-likeness (QED) is 0.356. The van der Waals surface area contributed by atoms with Gasteiger partial charge in [-0.3, -0.25) is 0 Å². The van der Waals surface area contributed by atoms with Crippen molar-refractivity contribution in [3.05, 3.63) is 93.5 Å². The molecule has 1 fully saturated rings. The molecule has 0 bridgehead atoms. The predicted octanol–water partition coefficient (Wildman–Crippen LogP) is 8.51. The maximum Gasteiger partial charge on any atom is 0.416 e. The molecule has 1 N–H and O–H groups in total. The van der Waals surface area contributed by atoms with Gasteiger partial charge in [0, 0.05) is 6.42 Å². The Morgan fingerprint density at radius 1 is 1.00 bits per heavy atom. The number of aliphatic hydroxyl groups is 1. The lowest BCUT2D eigenvalue weighted by molar-refractivity contribution is -0.137. The van der Waals surface area contributed by atoms with Crippen molar-refractivity contribution in [2.75, 3.05) is 0 Å². The number of halogens is 5. The first kappa shape index (κ1) is 24.9. The van der Waals surface area contributed by atoms with E-state index in [9.17, 15) is 27.1 Å². The molecule has 1 atom stereocenters. The van der Waals surface area contributed by atoms with Gasteiger partial charge >= 0.3 is 6.18 Å². The van der Waals surface area contributed by atoms with E-state index in [1.807, 2.05) is 13.8 Å². The number of alkyl halides is 3. The van der Waals surface area contributed by atoms with Crippen molar-refractivity contribution >= 4 is 0 Å². The van der Waals surface area contributed by atoms with Crippen molar-refractivity contribution in [3.63, 3.8) is 0 Å². The zero-order valence-corrected chi connectivity index (χ0v) is 20.4. The standard InChI is InChI=1S/C30H29F5O/c1-17(2)23-13-20-15-29(10-3-11-29)16-26(36)28(20)27(18-5-8-22(31)9-6-18)24(23)12-19-4-7-21(14-25(19)32)30(33,34)35/h4-9,13-14,17,26,36H,3,10-12,15-16H2,1-2H3/t26-/m0/s1. The smallest absolute Gasteiger partial charge is 0.388 e. The molecule has 0 heterocycles. The van der Waals surface area contributed by atoms with Crippen molar-refractivity contribution in [1.82, 2.24) is 0 Å². The van der Waals surface area contributed by atoms with Crippen LogP contribution in [0, 0.1) is 17.0 Å². The molecule has 2 aliphatic carbocycles. The molecule has 0 aromatic heterocycles.